The maximum atomic E-state index is 12.0. The molecule has 6 nitrogen and oxygen atoms in total. The monoisotopic (exact) mass is 336 g/mol. The fourth-order valence-electron chi connectivity index (χ4n) is 1.54. The van der Waals surface area contributed by atoms with E-state index in [0.717, 1.165) is 0 Å². The normalized spacial score (nSPS) is 10.1. The lowest BCUT2D eigenvalue weighted by atomic mass is 10.1. The fourth-order valence-corrected chi connectivity index (χ4v) is 1.97. The summed E-state index contributed by atoms with van der Waals surface area (Å²) in [5.74, 6) is -2.08. The zero-order valence-electron chi connectivity index (χ0n) is 10.0. The highest BCUT2D eigenvalue weighted by Gasteiger charge is 2.14. The van der Waals surface area contributed by atoms with Crippen molar-refractivity contribution in [2.24, 2.45) is 0 Å². The van der Waals surface area contributed by atoms with Crippen LogP contribution in [0.25, 0.3) is 0 Å². The molecule has 0 fully saturated rings. The third-order valence-electron chi connectivity index (χ3n) is 2.49. The molecular weight excluding hydrogens is 328 g/mol. The van der Waals surface area contributed by atoms with E-state index in [9.17, 15) is 14.7 Å². The number of benzene rings is 1. The van der Waals surface area contributed by atoms with E-state index in [4.69, 9.17) is 5.11 Å². The zero-order chi connectivity index (χ0) is 14.7. The molecule has 0 aliphatic heterocycles. The molecule has 1 heterocycles. The number of carboxylic acids is 1. The van der Waals surface area contributed by atoms with E-state index >= 15 is 0 Å². The Bertz CT molecular complexity index is 688. The van der Waals surface area contributed by atoms with Gasteiger partial charge in [0.1, 0.15) is 15.9 Å². The van der Waals surface area contributed by atoms with Gasteiger partial charge in [0.2, 0.25) is 0 Å². The van der Waals surface area contributed by atoms with Crippen molar-refractivity contribution in [1.29, 1.82) is 0 Å². The number of amides is 1. The smallest absolute Gasteiger partial charge is 0.339 e. The van der Waals surface area contributed by atoms with E-state index in [1.54, 1.807) is 12.1 Å². The van der Waals surface area contributed by atoms with E-state index in [1.165, 1.54) is 24.4 Å². The third kappa shape index (κ3) is 2.94. The predicted molar refractivity (Wildman–Crippen MR) is 75.0 cm³/mol. The molecule has 0 aliphatic rings. The lowest BCUT2D eigenvalue weighted by Crippen LogP contribution is -2.13. The number of aromatic nitrogens is 1. The van der Waals surface area contributed by atoms with Crippen molar-refractivity contribution in [1.82, 2.24) is 4.98 Å². The summed E-state index contributed by atoms with van der Waals surface area (Å²) in [4.78, 5) is 26.8. The van der Waals surface area contributed by atoms with E-state index in [1.807, 2.05) is 0 Å². The van der Waals surface area contributed by atoms with Crippen molar-refractivity contribution >= 4 is 33.5 Å². The summed E-state index contributed by atoms with van der Waals surface area (Å²) < 4.78 is 0.384. The maximum absolute atomic E-state index is 12.0. The molecule has 1 aromatic heterocycles. The molecule has 0 atom stereocenters. The van der Waals surface area contributed by atoms with Gasteiger partial charge in [0.15, 0.2) is 0 Å². The van der Waals surface area contributed by atoms with E-state index < -0.39 is 11.9 Å². The van der Waals surface area contributed by atoms with Gasteiger partial charge in [0.25, 0.3) is 5.91 Å². The number of pyridine rings is 1. The van der Waals surface area contributed by atoms with Crippen LogP contribution < -0.4 is 5.32 Å². The largest absolute Gasteiger partial charge is 0.507 e. The minimum atomic E-state index is -1.28. The quantitative estimate of drug-likeness (QED) is 0.590. The molecule has 1 aromatic carbocycles. The zero-order valence-corrected chi connectivity index (χ0v) is 11.6. The molecular formula is C13H9BrN2O4. The number of hydrogen-bond acceptors (Lipinski definition) is 4. The van der Waals surface area contributed by atoms with Crippen LogP contribution in [-0.2, 0) is 0 Å². The summed E-state index contributed by atoms with van der Waals surface area (Å²) in [6.45, 7) is 0. The Kier molecular flexibility index (Phi) is 3.99. The van der Waals surface area contributed by atoms with Crippen molar-refractivity contribution < 1.29 is 19.8 Å². The van der Waals surface area contributed by atoms with Crippen LogP contribution in [0.1, 0.15) is 20.7 Å². The van der Waals surface area contributed by atoms with Gasteiger partial charge in [-0.1, -0.05) is 0 Å². The molecule has 0 saturated heterocycles. The van der Waals surface area contributed by atoms with Crippen LogP contribution in [0.3, 0.4) is 0 Å². The molecule has 20 heavy (non-hydrogen) atoms. The van der Waals surface area contributed by atoms with Crippen LogP contribution >= 0.6 is 15.9 Å². The fraction of sp³-hybridized carbons (Fsp3) is 0. The van der Waals surface area contributed by atoms with Gasteiger partial charge in [-0.05, 0) is 46.3 Å². The highest BCUT2D eigenvalue weighted by molar-refractivity contribution is 9.10. The Labute approximate surface area is 122 Å². The molecule has 0 spiro atoms. The first-order chi connectivity index (χ1) is 9.49. The van der Waals surface area contributed by atoms with Gasteiger partial charge >= 0.3 is 5.97 Å². The number of rotatable bonds is 3. The SMILES string of the molecule is O=C(O)c1cc(NC(=O)c2cccnc2Br)ccc1O. The standard InChI is InChI=1S/C13H9BrN2O4/c14-11-8(2-1-5-15-11)12(18)16-7-3-4-10(17)9(6-7)13(19)20/h1-6,17H,(H,16,18)(H,19,20). The van der Waals surface area contributed by atoms with Crippen molar-refractivity contribution in [3.63, 3.8) is 0 Å². The molecule has 2 aromatic rings. The predicted octanol–water partition coefficient (Wildman–Crippen LogP) is 2.50. The average Bonchev–Trinajstić information content (AvgIpc) is 2.41. The summed E-state index contributed by atoms with van der Waals surface area (Å²) >= 11 is 3.15. The maximum Gasteiger partial charge on any atom is 0.339 e. The Morgan fingerprint density at radius 2 is 1.95 bits per heavy atom. The second-order valence-corrected chi connectivity index (χ2v) is 4.58. The van der Waals surface area contributed by atoms with Gasteiger partial charge in [0.05, 0.1) is 5.56 Å². The molecule has 0 aliphatic carbocycles. The number of nitrogens with one attached hydrogen (secondary N) is 1. The van der Waals surface area contributed by atoms with Gasteiger partial charge in [-0.2, -0.15) is 0 Å². The first-order valence-corrected chi connectivity index (χ1v) is 6.26. The lowest BCUT2D eigenvalue weighted by Gasteiger charge is -2.08. The van der Waals surface area contributed by atoms with Crippen LogP contribution in [-0.4, -0.2) is 27.1 Å². The molecule has 0 saturated carbocycles. The van der Waals surface area contributed by atoms with Gasteiger partial charge in [-0.15, -0.1) is 0 Å². The highest BCUT2D eigenvalue weighted by atomic mass is 79.9. The number of carboxylic acid groups (broad SMARTS) is 1. The number of halogens is 1. The number of nitrogens with zero attached hydrogens (tertiary/aromatic N) is 1. The Morgan fingerprint density at radius 3 is 2.60 bits per heavy atom. The summed E-state index contributed by atoms with van der Waals surface area (Å²) in [6, 6.07) is 6.98. The van der Waals surface area contributed by atoms with Crippen LogP contribution in [0.15, 0.2) is 41.1 Å². The van der Waals surface area contributed by atoms with Crippen LogP contribution in [0.4, 0.5) is 5.69 Å². The minimum absolute atomic E-state index is 0.265. The van der Waals surface area contributed by atoms with E-state index in [0.29, 0.717) is 10.2 Å². The molecule has 0 radical (unpaired) electrons. The van der Waals surface area contributed by atoms with Gasteiger partial charge in [-0.3, -0.25) is 4.79 Å². The minimum Gasteiger partial charge on any atom is -0.507 e. The van der Waals surface area contributed by atoms with Crippen molar-refractivity contribution in [3.05, 3.63) is 52.3 Å². The molecule has 0 unspecified atom stereocenters. The van der Waals surface area contributed by atoms with Gasteiger partial charge < -0.3 is 15.5 Å². The third-order valence-corrected chi connectivity index (χ3v) is 3.12. The number of carbonyl (C=O) groups is 2. The molecule has 1 amide bonds. The molecule has 3 N–H and O–H groups in total. The molecule has 102 valence electrons. The van der Waals surface area contributed by atoms with Crippen LogP contribution in [0, 0.1) is 0 Å². The Balaban J connectivity index is 2.27. The van der Waals surface area contributed by atoms with Crippen molar-refractivity contribution in [2.75, 3.05) is 5.32 Å². The van der Waals surface area contributed by atoms with Gasteiger partial charge in [-0.25, -0.2) is 9.78 Å². The second-order valence-electron chi connectivity index (χ2n) is 3.83. The van der Waals surface area contributed by atoms with Gasteiger partial charge in [0, 0.05) is 11.9 Å². The summed E-state index contributed by atoms with van der Waals surface area (Å²) in [7, 11) is 0. The lowest BCUT2D eigenvalue weighted by molar-refractivity contribution is 0.0693. The summed E-state index contributed by atoms with van der Waals surface area (Å²) in [5.41, 5.74) is 0.298. The first-order valence-electron chi connectivity index (χ1n) is 5.47. The Hall–Kier alpha value is -2.41. The summed E-state index contributed by atoms with van der Waals surface area (Å²) in [5, 5.41) is 20.8. The number of aromatic carboxylic acids is 1. The molecule has 2 rings (SSSR count). The van der Waals surface area contributed by atoms with E-state index in [2.05, 4.69) is 26.2 Å². The van der Waals surface area contributed by atoms with Crippen molar-refractivity contribution in [3.8, 4) is 5.75 Å². The topological polar surface area (TPSA) is 99.5 Å². The van der Waals surface area contributed by atoms with Crippen molar-refractivity contribution in [2.45, 2.75) is 0 Å². The second kappa shape index (κ2) is 5.70. The number of hydrogen-bond donors (Lipinski definition) is 3. The average molecular weight is 337 g/mol. The van der Waals surface area contributed by atoms with Crippen LogP contribution in [0.5, 0.6) is 5.75 Å². The van der Waals surface area contributed by atoms with E-state index in [-0.39, 0.29) is 17.0 Å². The highest BCUT2D eigenvalue weighted by Crippen LogP contribution is 2.22. The molecule has 7 heteroatoms. The number of phenols is 1. The van der Waals surface area contributed by atoms with Crippen LogP contribution in [0.2, 0.25) is 0 Å². The summed E-state index contributed by atoms with van der Waals surface area (Å²) in [6.07, 6.45) is 1.53. The molecule has 0 bridgehead atoms. The number of carbonyl (C=O) groups excluding carboxylic acids is 1. The number of anilines is 1. The Morgan fingerprint density at radius 1 is 1.20 bits per heavy atom. The first kappa shape index (κ1) is 14.0. The number of aromatic hydroxyl groups is 1.